The SMILES string of the molecule is Cc1nnc(NC(=O)C(C)Sc2nc(N)c(C#N)c(-c3ccco3)c2C#N)s1. The molecular weight excluding hydrogens is 398 g/mol. The van der Waals surface area contributed by atoms with Crippen LogP contribution in [0.15, 0.2) is 27.8 Å². The summed E-state index contributed by atoms with van der Waals surface area (Å²) in [5, 5.41) is 30.2. The van der Waals surface area contributed by atoms with Crippen molar-refractivity contribution in [3.8, 4) is 23.5 Å². The van der Waals surface area contributed by atoms with Gasteiger partial charge in [0.15, 0.2) is 0 Å². The van der Waals surface area contributed by atoms with Crippen LogP contribution in [0.5, 0.6) is 0 Å². The zero-order valence-electron chi connectivity index (χ0n) is 14.8. The Kier molecular flexibility index (Phi) is 5.59. The van der Waals surface area contributed by atoms with Gasteiger partial charge in [-0.15, -0.1) is 10.2 Å². The van der Waals surface area contributed by atoms with E-state index in [2.05, 4.69) is 20.5 Å². The zero-order valence-corrected chi connectivity index (χ0v) is 16.4. The van der Waals surface area contributed by atoms with Crippen LogP contribution in [-0.4, -0.2) is 26.3 Å². The Balaban J connectivity index is 1.95. The molecule has 0 aliphatic rings. The van der Waals surface area contributed by atoms with E-state index in [9.17, 15) is 15.3 Å². The molecule has 0 aromatic carbocycles. The summed E-state index contributed by atoms with van der Waals surface area (Å²) < 4.78 is 5.36. The molecule has 0 radical (unpaired) electrons. The topological polar surface area (TPSA) is 155 Å². The van der Waals surface area contributed by atoms with Crippen LogP contribution in [0.3, 0.4) is 0 Å². The van der Waals surface area contributed by atoms with E-state index in [1.165, 1.54) is 17.6 Å². The summed E-state index contributed by atoms with van der Waals surface area (Å²) in [6.45, 7) is 3.45. The lowest BCUT2D eigenvalue weighted by atomic mass is 10.0. The predicted octanol–water partition coefficient (Wildman–Crippen LogP) is 2.95. The minimum absolute atomic E-state index is 0.0391. The van der Waals surface area contributed by atoms with Gasteiger partial charge < -0.3 is 10.2 Å². The molecule has 3 N–H and O–H groups in total. The van der Waals surface area contributed by atoms with E-state index in [1.54, 1.807) is 26.0 Å². The number of carbonyl (C=O) groups is 1. The first kappa shape index (κ1) is 19.4. The summed E-state index contributed by atoms with van der Waals surface area (Å²) in [7, 11) is 0. The Morgan fingerprint density at radius 3 is 2.68 bits per heavy atom. The molecule has 0 aliphatic carbocycles. The number of nitrogen functional groups attached to an aromatic ring is 1. The Bertz CT molecular complexity index is 1110. The summed E-state index contributed by atoms with van der Waals surface area (Å²) in [5.41, 5.74) is 6.36. The molecule has 140 valence electrons. The number of nitrogens with two attached hydrogens (primary N) is 1. The lowest BCUT2D eigenvalue weighted by molar-refractivity contribution is -0.115. The third kappa shape index (κ3) is 3.81. The molecule has 9 nitrogen and oxygen atoms in total. The van der Waals surface area contributed by atoms with Gasteiger partial charge in [0.1, 0.15) is 39.3 Å². The van der Waals surface area contributed by atoms with Crippen molar-refractivity contribution in [2.24, 2.45) is 0 Å². The third-order valence-corrected chi connectivity index (χ3v) is 5.44. The number of pyridine rings is 1. The molecule has 3 aromatic rings. The largest absolute Gasteiger partial charge is 0.464 e. The van der Waals surface area contributed by atoms with Crippen molar-refractivity contribution in [3.63, 3.8) is 0 Å². The second-order valence-corrected chi connectivity index (χ2v) is 8.01. The number of thioether (sulfide) groups is 1. The summed E-state index contributed by atoms with van der Waals surface area (Å²) >= 11 is 2.31. The second kappa shape index (κ2) is 8.08. The number of anilines is 2. The normalized spacial score (nSPS) is 11.4. The molecule has 3 rings (SSSR count). The number of carbonyl (C=O) groups excluding carboxylic acids is 1. The highest BCUT2D eigenvalue weighted by Gasteiger charge is 2.25. The predicted molar refractivity (Wildman–Crippen MR) is 104 cm³/mol. The van der Waals surface area contributed by atoms with Crippen molar-refractivity contribution >= 4 is 40.0 Å². The van der Waals surface area contributed by atoms with E-state index in [4.69, 9.17) is 10.2 Å². The highest BCUT2D eigenvalue weighted by atomic mass is 32.2. The Hall–Kier alpha value is -3.41. The fourth-order valence-corrected chi connectivity index (χ4v) is 3.84. The molecule has 0 saturated carbocycles. The van der Waals surface area contributed by atoms with Crippen molar-refractivity contribution in [2.45, 2.75) is 24.1 Å². The molecule has 3 heterocycles. The number of hydrogen-bond acceptors (Lipinski definition) is 10. The number of hydrogen-bond donors (Lipinski definition) is 2. The van der Waals surface area contributed by atoms with Crippen molar-refractivity contribution in [1.29, 1.82) is 10.5 Å². The van der Waals surface area contributed by atoms with Gasteiger partial charge in [0.05, 0.1) is 22.6 Å². The van der Waals surface area contributed by atoms with Crippen molar-refractivity contribution in [2.75, 3.05) is 11.1 Å². The molecule has 1 unspecified atom stereocenters. The molecule has 1 atom stereocenters. The number of rotatable bonds is 5. The van der Waals surface area contributed by atoms with Crippen LogP contribution in [0.4, 0.5) is 10.9 Å². The van der Waals surface area contributed by atoms with E-state index in [0.29, 0.717) is 10.9 Å². The minimum atomic E-state index is -0.611. The van der Waals surface area contributed by atoms with Crippen LogP contribution in [0, 0.1) is 29.6 Å². The monoisotopic (exact) mass is 411 g/mol. The average Bonchev–Trinajstić information content (AvgIpc) is 3.33. The van der Waals surface area contributed by atoms with Gasteiger partial charge in [0.2, 0.25) is 11.0 Å². The summed E-state index contributed by atoms with van der Waals surface area (Å²) in [6.07, 6.45) is 1.43. The van der Waals surface area contributed by atoms with E-state index in [0.717, 1.165) is 16.8 Å². The van der Waals surface area contributed by atoms with Gasteiger partial charge in [0.25, 0.3) is 0 Å². The van der Waals surface area contributed by atoms with Crippen molar-refractivity contribution < 1.29 is 9.21 Å². The smallest absolute Gasteiger partial charge is 0.239 e. The van der Waals surface area contributed by atoms with Crippen LogP contribution in [0.1, 0.15) is 23.1 Å². The molecule has 1 amide bonds. The van der Waals surface area contributed by atoms with Crippen LogP contribution in [-0.2, 0) is 4.79 Å². The average molecular weight is 411 g/mol. The van der Waals surface area contributed by atoms with Gasteiger partial charge in [0, 0.05) is 0 Å². The van der Waals surface area contributed by atoms with Crippen LogP contribution < -0.4 is 11.1 Å². The van der Waals surface area contributed by atoms with Gasteiger partial charge in [-0.3, -0.25) is 10.1 Å². The fraction of sp³-hybridized carbons (Fsp3) is 0.176. The molecule has 0 aliphatic heterocycles. The number of nitrogens with one attached hydrogen (secondary N) is 1. The quantitative estimate of drug-likeness (QED) is 0.603. The lowest BCUT2D eigenvalue weighted by Gasteiger charge is -2.14. The van der Waals surface area contributed by atoms with Crippen molar-refractivity contribution in [3.05, 3.63) is 34.5 Å². The third-order valence-electron chi connectivity index (χ3n) is 3.60. The first-order valence-electron chi connectivity index (χ1n) is 7.89. The summed E-state index contributed by atoms with van der Waals surface area (Å²) in [5.74, 6) is -0.0393. The molecule has 0 spiro atoms. The summed E-state index contributed by atoms with van der Waals surface area (Å²) in [4.78, 5) is 16.6. The van der Waals surface area contributed by atoms with Gasteiger partial charge in [-0.05, 0) is 26.0 Å². The lowest BCUT2D eigenvalue weighted by Crippen LogP contribution is -2.22. The molecule has 11 heteroatoms. The van der Waals surface area contributed by atoms with E-state index in [-0.39, 0.29) is 33.4 Å². The molecular formula is C17H13N7O2S2. The van der Waals surface area contributed by atoms with Crippen LogP contribution >= 0.6 is 23.1 Å². The van der Waals surface area contributed by atoms with Crippen LogP contribution in [0.25, 0.3) is 11.3 Å². The van der Waals surface area contributed by atoms with Gasteiger partial charge in [-0.1, -0.05) is 23.1 Å². The number of nitrogens with zero attached hydrogens (tertiary/aromatic N) is 5. The maximum atomic E-state index is 12.4. The Morgan fingerprint density at radius 2 is 2.11 bits per heavy atom. The fourth-order valence-electron chi connectivity index (χ4n) is 2.33. The molecule has 0 saturated heterocycles. The number of nitriles is 2. The van der Waals surface area contributed by atoms with Gasteiger partial charge in [-0.25, -0.2) is 4.98 Å². The highest BCUT2D eigenvalue weighted by Crippen LogP contribution is 2.37. The maximum Gasteiger partial charge on any atom is 0.239 e. The first-order chi connectivity index (χ1) is 13.4. The standard InChI is InChI=1S/C17H13N7O2S2/c1-8(15(25)22-17-24-23-9(2)28-17)27-16-11(7-19)13(12-4-3-5-26-12)10(6-18)14(20)21-16/h3-5,8H,1-2H3,(H2,20,21)(H,22,24,25). The number of amides is 1. The zero-order chi connectivity index (χ0) is 20.3. The van der Waals surface area contributed by atoms with Gasteiger partial charge >= 0.3 is 0 Å². The van der Waals surface area contributed by atoms with Crippen molar-refractivity contribution in [1.82, 2.24) is 15.2 Å². The number of aryl methyl sites for hydroxylation is 1. The second-order valence-electron chi connectivity index (χ2n) is 5.50. The van der Waals surface area contributed by atoms with E-state index < -0.39 is 5.25 Å². The van der Waals surface area contributed by atoms with E-state index >= 15 is 0 Å². The number of aromatic nitrogens is 3. The summed E-state index contributed by atoms with van der Waals surface area (Å²) in [6, 6.07) is 7.28. The Labute approximate surface area is 168 Å². The van der Waals surface area contributed by atoms with Gasteiger partial charge in [-0.2, -0.15) is 10.5 Å². The molecule has 28 heavy (non-hydrogen) atoms. The maximum absolute atomic E-state index is 12.4. The number of furan rings is 1. The first-order valence-corrected chi connectivity index (χ1v) is 9.59. The Morgan fingerprint density at radius 1 is 1.36 bits per heavy atom. The minimum Gasteiger partial charge on any atom is -0.464 e. The molecule has 3 aromatic heterocycles. The molecule has 0 fully saturated rings. The molecule has 0 bridgehead atoms. The van der Waals surface area contributed by atoms with E-state index in [1.807, 2.05) is 12.1 Å². The highest BCUT2D eigenvalue weighted by molar-refractivity contribution is 8.00. The van der Waals surface area contributed by atoms with Crippen LogP contribution in [0.2, 0.25) is 0 Å².